The molecule has 0 fully saturated rings. The second-order valence-corrected chi connectivity index (χ2v) is 4.08. The lowest BCUT2D eigenvalue weighted by Crippen LogP contribution is -2.14. The topological polar surface area (TPSA) is 82.8 Å². The summed E-state index contributed by atoms with van der Waals surface area (Å²) in [5.41, 5.74) is 0.387. The molecule has 0 atom stereocenters. The number of esters is 1. The molecule has 0 aliphatic carbocycles. The van der Waals surface area contributed by atoms with Crippen molar-refractivity contribution in [3.8, 4) is 11.5 Å². The number of rotatable bonds is 6. The average Bonchev–Trinajstić information content (AvgIpc) is 3.01. The molecular formula is C15H12O6. The second kappa shape index (κ2) is 6.51. The van der Waals surface area contributed by atoms with E-state index in [9.17, 15) is 14.4 Å². The van der Waals surface area contributed by atoms with Gasteiger partial charge in [-0.15, -0.1) is 0 Å². The SMILES string of the molecule is COc1cc(C=O)ccc1OC(=O)CC(=O)c1ccco1. The van der Waals surface area contributed by atoms with Crippen LogP contribution in [0.3, 0.4) is 0 Å². The highest BCUT2D eigenvalue weighted by atomic mass is 16.6. The number of carbonyl (C=O) groups excluding carboxylic acids is 3. The first-order valence-electron chi connectivity index (χ1n) is 6.04. The Balaban J connectivity index is 2.06. The van der Waals surface area contributed by atoms with Crippen molar-refractivity contribution >= 4 is 18.0 Å². The van der Waals surface area contributed by atoms with Gasteiger partial charge >= 0.3 is 5.97 Å². The summed E-state index contributed by atoms with van der Waals surface area (Å²) < 4.78 is 15.0. The largest absolute Gasteiger partial charge is 0.493 e. The van der Waals surface area contributed by atoms with Gasteiger partial charge in [0.05, 0.1) is 13.4 Å². The van der Waals surface area contributed by atoms with Crippen LogP contribution in [0.15, 0.2) is 41.0 Å². The number of furan rings is 1. The van der Waals surface area contributed by atoms with Gasteiger partial charge in [-0.3, -0.25) is 14.4 Å². The van der Waals surface area contributed by atoms with E-state index in [2.05, 4.69) is 0 Å². The number of hydrogen-bond donors (Lipinski definition) is 0. The van der Waals surface area contributed by atoms with E-state index in [0.717, 1.165) is 0 Å². The van der Waals surface area contributed by atoms with Gasteiger partial charge in [-0.2, -0.15) is 0 Å². The summed E-state index contributed by atoms with van der Waals surface area (Å²) in [6, 6.07) is 7.36. The van der Waals surface area contributed by atoms with Crippen molar-refractivity contribution in [2.24, 2.45) is 0 Å². The fraction of sp³-hybridized carbons (Fsp3) is 0.133. The maximum atomic E-state index is 11.7. The number of ether oxygens (including phenoxy) is 2. The number of ketones is 1. The van der Waals surface area contributed by atoms with Crippen LogP contribution in [0.2, 0.25) is 0 Å². The number of aldehydes is 1. The smallest absolute Gasteiger partial charge is 0.319 e. The van der Waals surface area contributed by atoms with E-state index >= 15 is 0 Å². The molecule has 2 rings (SSSR count). The third-order valence-electron chi connectivity index (χ3n) is 2.65. The van der Waals surface area contributed by atoms with Gasteiger partial charge in [0.2, 0.25) is 5.78 Å². The van der Waals surface area contributed by atoms with Gasteiger partial charge in [-0.05, 0) is 30.3 Å². The summed E-state index contributed by atoms with van der Waals surface area (Å²) >= 11 is 0. The lowest BCUT2D eigenvalue weighted by molar-refractivity contribution is -0.133. The van der Waals surface area contributed by atoms with Crippen LogP contribution in [0.5, 0.6) is 11.5 Å². The highest BCUT2D eigenvalue weighted by Crippen LogP contribution is 2.28. The van der Waals surface area contributed by atoms with Gasteiger partial charge in [0.25, 0.3) is 0 Å². The predicted molar refractivity (Wildman–Crippen MR) is 71.7 cm³/mol. The van der Waals surface area contributed by atoms with Crippen LogP contribution in [0.4, 0.5) is 0 Å². The normalized spacial score (nSPS) is 9.95. The van der Waals surface area contributed by atoms with E-state index in [1.807, 2.05) is 0 Å². The molecule has 1 aromatic heterocycles. The first-order chi connectivity index (χ1) is 10.1. The molecule has 0 saturated heterocycles. The molecule has 2 aromatic rings. The van der Waals surface area contributed by atoms with Crippen LogP contribution in [0.25, 0.3) is 0 Å². The lowest BCUT2D eigenvalue weighted by Gasteiger charge is -2.09. The Morgan fingerprint density at radius 1 is 1.24 bits per heavy atom. The maximum absolute atomic E-state index is 11.7. The molecule has 0 aliphatic rings. The molecule has 0 spiro atoms. The van der Waals surface area contributed by atoms with E-state index in [0.29, 0.717) is 11.8 Å². The van der Waals surface area contributed by atoms with Crippen molar-refractivity contribution in [1.82, 2.24) is 0 Å². The molecule has 1 heterocycles. The van der Waals surface area contributed by atoms with Crippen LogP contribution >= 0.6 is 0 Å². The van der Waals surface area contributed by atoms with E-state index in [4.69, 9.17) is 13.9 Å². The molecule has 0 bridgehead atoms. The standard InChI is InChI=1S/C15H12O6/c1-19-14-7-10(9-16)4-5-13(14)21-15(18)8-11(17)12-3-2-6-20-12/h2-7,9H,8H2,1H3. The summed E-state index contributed by atoms with van der Waals surface area (Å²) in [6.07, 6.45) is 1.54. The first-order valence-corrected chi connectivity index (χ1v) is 6.04. The summed E-state index contributed by atoms with van der Waals surface area (Å²) in [4.78, 5) is 34.1. The Morgan fingerprint density at radius 2 is 2.05 bits per heavy atom. The van der Waals surface area contributed by atoms with Crippen molar-refractivity contribution in [3.63, 3.8) is 0 Å². The van der Waals surface area contributed by atoms with Gasteiger partial charge in [0, 0.05) is 5.56 Å². The zero-order valence-electron chi connectivity index (χ0n) is 11.2. The summed E-state index contributed by atoms with van der Waals surface area (Å²) in [7, 11) is 1.38. The summed E-state index contributed by atoms with van der Waals surface area (Å²) in [5.74, 6) is -0.754. The zero-order chi connectivity index (χ0) is 15.2. The Hall–Kier alpha value is -2.89. The number of benzene rings is 1. The van der Waals surface area contributed by atoms with Crippen molar-refractivity contribution < 1.29 is 28.3 Å². The van der Waals surface area contributed by atoms with Crippen LogP contribution in [0, 0.1) is 0 Å². The third kappa shape index (κ3) is 3.56. The monoisotopic (exact) mass is 288 g/mol. The van der Waals surface area contributed by atoms with E-state index in [1.54, 1.807) is 6.07 Å². The minimum Gasteiger partial charge on any atom is -0.493 e. The van der Waals surface area contributed by atoms with E-state index < -0.39 is 18.2 Å². The molecule has 0 aliphatic heterocycles. The second-order valence-electron chi connectivity index (χ2n) is 4.08. The quantitative estimate of drug-likeness (QED) is 0.266. The Kier molecular flexibility index (Phi) is 4.50. The van der Waals surface area contributed by atoms with E-state index in [1.165, 1.54) is 37.6 Å². The van der Waals surface area contributed by atoms with Crippen LogP contribution in [0.1, 0.15) is 27.3 Å². The minimum absolute atomic E-state index is 0.0928. The van der Waals surface area contributed by atoms with Crippen molar-refractivity contribution in [2.45, 2.75) is 6.42 Å². The number of Topliss-reactive ketones (excluding diaryl/α,β-unsaturated/α-hetero) is 1. The first kappa shape index (κ1) is 14.5. The highest BCUT2D eigenvalue weighted by molar-refractivity contribution is 6.04. The van der Waals surface area contributed by atoms with Crippen LogP contribution < -0.4 is 9.47 Å². The lowest BCUT2D eigenvalue weighted by atomic mass is 10.2. The summed E-state index contributed by atoms with van der Waals surface area (Å²) in [5, 5.41) is 0. The molecule has 108 valence electrons. The summed E-state index contributed by atoms with van der Waals surface area (Å²) in [6.45, 7) is 0. The predicted octanol–water partition coefficient (Wildman–Crippen LogP) is 2.28. The Bertz CT molecular complexity index is 657. The molecule has 0 radical (unpaired) electrons. The highest BCUT2D eigenvalue weighted by Gasteiger charge is 2.17. The van der Waals surface area contributed by atoms with Crippen molar-refractivity contribution in [2.75, 3.05) is 7.11 Å². The molecule has 0 N–H and O–H groups in total. The van der Waals surface area contributed by atoms with Crippen molar-refractivity contribution in [1.29, 1.82) is 0 Å². The minimum atomic E-state index is -0.742. The van der Waals surface area contributed by atoms with Crippen LogP contribution in [-0.4, -0.2) is 25.1 Å². The molecule has 1 aromatic carbocycles. The molecular weight excluding hydrogens is 276 g/mol. The van der Waals surface area contributed by atoms with Gasteiger partial charge in [-0.25, -0.2) is 0 Å². The van der Waals surface area contributed by atoms with Gasteiger partial charge in [-0.1, -0.05) is 0 Å². The van der Waals surface area contributed by atoms with Crippen LogP contribution in [-0.2, 0) is 4.79 Å². The van der Waals surface area contributed by atoms with Gasteiger partial charge in [0.1, 0.15) is 12.7 Å². The van der Waals surface area contributed by atoms with Gasteiger partial charge in [0.15, 0.2) is 17.3 Å². The average molecular weight is 288 g/mol. The van der Waals surface area contributed by atoms with E-state index in [-0.39, 0.29) is 17.3 Å². The molecule has 6 heteroatoms. The van der Waals surface area contributed by atoms with Crippen molar-refractivity contribution in [3.05, 3.63) is 47.9 Å². The molecule has 0 amide bonds. The fourth-order valence-corrected chi connectivity index (χ4v) is 1.66. The maximum Gasteiger partial charge on any atom is 0.319 e. The number of hydrogen-bond acceptors (Lipinski definition) is 6. The fourth-order valence-electron chi connectivity index (χ4n) is 1.66. The van der Waals surface area contributed by atoms with Gasteiger partial charge < -0.3 is 13.9 Å². The molecule has 21 heavy (non-hydrogen) atoms. The molecule has 6 nitrogen and oxygen atoms in total. The number of carbonyl (C=O) groups is 3. The Labute approximate surface area is 120 Å². The number of methoxy groups -OCH3 is 1. The zero-order valence-corrected chi connectivity index (χ0v) is 11.2. The molecule has 0 unspecified atom stereocenters. The third-order valence-corrected chi connectivity index (χ3v) is 2.65. The molecule has 0 saturated carbocycles. The Morgan fingerprint density at radius 3 is 2.67 bits per heavy atom.